The van der Waals surface area contributed by atoms with Crippen LogP contribution in [0.4, 0.5) is 18.3 Å². The van der Waals surface area contributed by atoms with E-state index in [1.807, 2.05) is 91.0 Å². The normalized spacial score (nSPS) is 16.7. The fraction of sp³-hybridized carbons (Fsp3) is 0.156. The number of esters is 1. The van der Waals surface area contributed by atoms with E-state index in [1.54, 1.807) is 60.7 Å². The highest BCUT2D eigenvalue weighted by Crippen LogP contribution is 2.43. The minimum atomic E-state index is -6.31. The van der Waals surface area contributed by atoms with E-state index >= 15 is 0 Å². The predicted octanol–water partition coefficient (Wildman–Crippen LogP) is 6.73. The van der Waals surface area contributed by atoms with Crippen molar-refractivity contribution in [2.45, 2.75) is 42.1 Å². The van der Waals surface area contributed by atoms with E-state index in [2.05, 4.69) is 24.0 Å². The van der Waals surface area contributed by atoms with Crippen LogP contribution in [0.15, 0.2) is 168 Å². The molecule has 64 heavy (non-hydrogen) atoms. The number of nitrogens with two attached hydrogens (primary N) is 1. The number of alkyl halides is 3. The van der Waals surface area contributed by atoms with Crippen LogP contribution in [-0.2, 0) is 43.9 Å². The van der Waals surface area contributed by atoms with Crippen LogP contribution < -0.4 is 11.1 Å². The fourth-order valence-electron chi connectivity index (χ4n) is 7.54. The number of anilines is 1. The van der Waals surface area contributed by atoms with Crippen LogP contribution in [0.1, 0.15) is 52.6 Å². The number of carbonyl (C=O) groups is 3. The van der Waals surface area contributed by atoms with Gasteiger partial charge in [-0.05, 0) is 17.5 Å². The van der Waals surface area contributed by atoms with Gasteiger partial charge in [-0.1, -0.05) is 157 Å². The minimum absolute atomic E-state index is 0.0203. The Morgan fingerprint density at radius 3 is 1.73 bits per heavy atom. The molecule has 326 valence electrons. The second-order valence-electron chi connectivity index (χ2n) is 14.4. The van der Waals surface area contributed by atoms with Crippen LogP contribution in [0.2, 0.25) is 0 Å². The summed E-state index contributed by atoms with van der Waals surface area (Å²) in [5.41, 5.74) is 0.0471. The highest BCUT2D eigenvalue weighted by molar-refractivity contribution is 7.87. The van der Waals surface area contributed by atoms with Gasteiger partial charge in [0.1, 0.15) is 6.04 Å². The molecule has 0 saturated carbocycles. The zero-order chi connectivity index (χ0) is 45.1. The number of β-lactam (4-membered cyclic amide) rings is 1. The molecular weight excluding hydrogens is 874 g/mol. The first-order valence-corrected chi connectivity index (χ1v) is 21.7. The number of fused-ring (bicyclic) bond motifs is 1. The minimum Gasteiger partial charge on any atom is -0.448 e. The standard InChI is InChI=1S/C45H35F3N6O8S2/c46-45(47,48)64(58,59)61-34-27-26-33-35(41(56)54(33)37(34)42(57)60-38(28-16-6-1-7-17-28)29-18-8-2-9-19-29)50-40(55)36(39-51-43(49)63-53-39)52-62-44(30-20-10-3-11-21-30,31-22-12-4-13-23-31)32-24-14-5-15-25-32/h1-25,33,35,38H,26-27H2,(H,50,55)(H2,49,51,53). The summed E-state index contributed by atoms with van der Waals surface area (Å²) >= 11 is 0.766. The quantitative estimate of drug-likeness (QED) is 0.0224. The van der Waals surface area contributed by atoms with E-state index in [0.29, 0.717) is 27.8 Å². The van der Waals surface area contributed by atoms with Gasteiger partial charge in [-0.15, -0.1) is 0 Å². The molecule has 2 aliphatic rings. The molecule has 2 unspecified atom stereocenters. The zero-order valence-electron chi connectivity index (χ0n) is 33.2. The lowest BCUT2D eigenvalue weighted by atomic mass is 9.80. The third-order valence-electron chi connectivity index (χ3n) is 10.5. The number of benzene rings is 5. The first kappa shape index (κ1) is 43.3. The van der Waals surface area contributed by atoms with E-state index in [4.69, 9.17) is 15.3 Å². The summed E-state index contributed by atoms with van der Waals surface area (Å²) in [5, 5.41) is 6.96. The number of hydrogen-bond donors (Lipinski definition) is 2. The van der Waals surface area contributed by atoms with Crippen LogP contribution in [0.5, 0.6) is 0 Å². The Morgan fingerprint density at radius 2 is 1.28 bits per heavy atom. The zero-order valence-corrected chi connectivity index (χ0v) is 34.8. The lowest BCUT2D eigenvalue weighted by molar-refractivity contribution is -0.159. The Bertz CT molecular complexity index is 2700. The molecule has 3 heterocycles. The number of nitrogens with zero attached hydrogens (tertiary/aromatic N) is 4. The van der Waals surface area contributed by atoms with Crippen molar-refractivity contribution < 1.29 is 49.7 Å². The average molecular weight is 909 g/mol. The smallest absolute Gasteiger partial charge is 0.448 e. The highest BCUT2D eigenvalue weighted by Gasteiger charge is 2.57. The van der Waals surface area contributed by atoms with Gasteiger partial charge in [0.2, 0.25) is 17.1 Å². The van der Waals surface area contributed by atoms with E-state index < -0.39 is 80.8 Å². The molecule has 0 spiro atoms. The van der Waals surface area contributed by atoms with Gasteiger partial charge in [0.15, 0.2) is 22.7 Å². The Kier molecular flexibility index (Phi) is 12.0. The molecule has 2 aliphatic heterocycles. The van der Waals surface area contributed by atoms with Gasteiger partial charge in [0.25, 0.3) is 11.8 Å². The number of allylic oxidation sites excluding steroid dienone is 1. The molecule has 0 radical (unpaired) electrons. The topological polar surface area (TPSA) is 192 Å². The summed E-state index contributed by atoms with van der Waals surface area (Å²) < 4.78 is 80.3. The first-order chi connectivity index (χ1) is 30.8. The Hall–Kier alpha value is -7.38. The van der Waals surface area contributed by atoms with Crippen molar-refractivity contribution in [1.29, 1.82) is 0 Å². The van der Waals surface area contributed by atoms with E-state index in [1.165, 1.54) is 0 Å². The molecule has 1 saturated heterocycles. The van der Waals surface area contributed by atoms with Gasteiger partial charge in [-0.25, -0.2) is 4.79 Å². The monoisotopic (exact) mass is 908 g/mol. The summed E-state index contributed by atoms with van der Waals surface area (Å²) in [6.07, 6.45) is -1.98. The Labute approximate surface area is 368 Å². The van der Waals surface area contributed by atoms with Gasteiger partial charge in [-0.2, -0.15) is 30.9 Å². The second kappa shape index (κ2) is 17.8. The van der Waals surface area contributed by atoms with Crippen LogP contribution in [0, 0.1) is 0 Å². The average Bonchev–Trinajstić information content (AvgIpc) is 3.74. The number of nitrogen functional groups attached to an aromatic ring is 1. The molecule has 3 N–H and O–H groups in total. The molecular formula is C45H35F3N6O8S2. The lowest BCUT2D eigenvalue weighted by Crippen LogP contribution is -2.72. The SMILES string of the molecule is Nc1nc(C(=NOC(c2ccccc2)(c2ccccc2)c2ccccc2)C(=O)NC2C(=O)N3C(C(=O)OC(c4ccccc4)c4ccccc4)=C(OS(=O)(=O)C(F)(F)F)CCC23)ns1. The van der Waals surface area contributed by atoms with Gasteiger partial charge < -0.3 is 24.8 Å². The number of ether oxygens (including phenoxy) is 1. The summed E-state index contributed by atoms with van der Waals surface area (Å²) in [6.45, 7) is 0. The van der Waals surface area contributed by atoms with E-state index in [0.717, 1.165) is 16.4 Å². The van der Waals surface area contributed by atoms with Crippen molar-refractivity contribution in [3.05, 3.63) is 197 Å². The number of nitrogens with one attached hydrogen (secondary N) is 1. The number of aromatic nitrogens is 2. The summed E-state index contributed by atoms with van der Waals surface area (Å²) in [6, 6.07) is 41.5. The van der Waals surface area contributed by atoms with Gasteiger partial charge in [0, 0.05) is 34.6 Å². The molecule has 0 bridgehead atoms. The number of amides is 2. The van der Waals surface area contributed by atoms with Crippen molar-refractivity contribution in [2.75, 3.05) is 5.73 Å². The maximum atomic E-state index is 14.4. The predicted molar refractivity (Wildman–Crippen MR) is 227 cm³/mol. The number of oxime groups is 1. The number of halogens is 3. The molecule has 2 atom stereocenters. The number of carbonyl (C=O) groups excluding carboxylic acids is 3. The van der Waals surface area contributed by atoms with Crippen molar-refractivity contribution in [3.63, 3.8) is 0 Å². The highest BCUT2D eigenvalue weighted by atomic mass is 32.2. The van der Waals surface area contributed by atoms with Crippen LogP contribution in [-0.4, -0.2) is 63.8 Å². The third kappa shape index (κ3) is 8.41. The Balaban J connectivity index is 1.14. The summed E-state index contributed by atoms with van der Waals surface area (Å²) in [4.78, 5) is 54.2. The molecule has 0 aliphatic carbocycles. The Morgan fingerprint density at radius 1 is 0.797 bits per heavy atom. The van der Waals surface area contributed by atoms with Gasteiger partial charge in [0.05, 0.1) is 6.04 Å². The van der Waals surface area contributed by atoms with Crippen molar-refractivity contribution in [3.8, 4) is 0 Å². The van der Waals surface area contributed by atoms with Crippen molar-refractivity contribution in [1.82, 2.24) is 19.6 Å². The van der Waals surface area contributed by atoms with Crippen LogP contribution in [0.25, 0.3) is 0 Å². The van der Waals surface area contributed by atoms with Crippen molar-refractivity contribution >= 4 is 50.3 Å². The molecule has 19 heteroatoms. The maximum absolute atomic E-state index is 14.4. The van der Waals surface area contributed by atoms with E-state index in [9.17, 15) is 36.0 Å². The van der Waals surface area contributed by atoms with Crippen molar-refractivity contribution in [2.24, 2.45) is 5.16 Å². The molecule has 1 fully saturated rings. The van der Waals surface area contributed by atoms with Crippen LogP contribution in [0.3, 0.4) is 0 Å². The molecule has 14 nitrogen and oxygen atoms in total. The van der Waals surface area contributed by atoms with Gasteiger partial charge in [-0.3, -0.25) is 14.5 Å². The molecule has 8 rings (SSSR count). The summed E-state index contributed by atoms with van der Waals surface area (Å²) in [7, 11) is -6.31. The van der Waals surface area contributed by atoms with Gasteiger partial charge >= 0.3 is 21.6 Å². The van der Waals surface area contributed by atoms with Crippen LogP contribution >= 0.6 is 11.5 Å². The second-order valence-corrected chi connectivity index (χ2v) is 16.7. The van der Waals surface area contributed by atoms with E-state index in [-0.39, 0.29) is 17.4 Å². The third-order valence-corrected chi connectivity index (χ3v) is 12.0. The first-order valence-electron chi connectivity index (χ1n) is 19.5. The molecule has 1 aromatic heterocycles. The number of hydrogen-bond acceptors (Lipinski definition) is 13. The number of rotatable bonds is 14. The summed E-state index contributed by atoms with van der Waals surface area (Å²) in [5.74, 6) is -4.58. The largest absolute Gasteiger partial charge is 0.534 e. The molecule has 2 amide bonds. The molecule has 6 aromatic rings. The lowest BCUT2D eigenvalue weighted by Gasteiger charge is -2.49. The maximum Gasteiger partial charge on any atom is 0.534 e. The fourth-order valence-corrected chi connectivity index (χ4v) is 8.50. The molecule has 5 aromatic carbocycles.